The smallest absolute Gasteiger partial charge is 0.387 e. The quantitative estimate of drug-likeness (QED) is 0.774. The van der Waals surface area contributed by atoms with Crippen LogP contribution in [-0.4, -0.2) is 38.7 Å². The summed E-state index contributed by atoms with van der Waals surface area (Å²) in [4.78, 5) is 22.7. The van der Waals surface area contributed by atoms with Gasteiger partial charge in [0, 0.05) is 7.05 Å². The number of esters is 1. The minimum Gasteiger partial charge on any atom is -0.490 e. The first kappa shape index (κ1) is 16.7. The number of amides is 1. The van der Waals surface area contributed by atoms with Gasteiger partial charge in [0.15, 0.2) is 18.1 Å². The fourth-order valence-corrected chi connectivity index (χ4v) is 1.38. The summed E-state index contributed by atoms with van der Waals surface area (Å²) in [6, 6.07) is 3.63. The van der Waals surface area contributed by atoms with E-state index in [0.717, 1.165) is 0 Å². The summed E-state index contributed by atoms with van der Waals surface area (Å²) in [6.45, 7) is -1.58. The normalized spacial score (nSPS) is 10.1. The van der Waals surface area contributed by atoms with Crippen molar-refractivity contribution >= 4 is 11.9 Å². The van der Waals surface area contributed by atoms with Crippen LogP contribution in [-0.2, 0) is 9.53 Å². The van der Waals surface area contributed by atoms with E-state index in [4.69, 9.17) is 9.47 Å². The van der Waals surface area contributed by atoms with Gasteiger partial charge in [0.2, 0.25) is 0 Å². The minimum absolute atomic E-state index is 0.00723. The lowest BCUT2D eigenvalue weighted by Gasteiger charge is -2.12. The van der Waals surface area contributed by atoms with Gasteiger partial charge in [0.25, 0.3) is 5.91 Å². The maximum absolute atomic E-state index is 12.2. The van der Waals surface area contributed by atoms with Crippen LogP contribution in [0, 0.1) is 0 Å². The third-order valence-electron chi connectivity index (χ3n) is 2.31. The molecule has 116 valence electrons. The number of likely N-dealkylation sites (N-methyl/N-ethyl adjacent to an activating group) is 1. The predicted molar refractivity (Wildman–Crippen MR) is 68.6 cm³/mol. The van der Waals surface area contributed by atoms with Gasteiger partial charge in [-0.15, -0.1) is 0 Å². The number of benzene rings is 1. The molecular weight excluding hydrogens is 288 g/mol. The number of alkyl halides is 2. The van der Waals surface area contributed by atoms with Crippen LogP contribution in [0.1, 0.15) is 17.3 Å². The first-order valence-electron chi connectivity index (χ1n) is 6.07. The summed E-state index contributed by atoms with van der Waals surface area (Å²) in [5.41, 5.74) is 0.0592. The molecule has 1 N–H and O–H groups in total. The number of halogens is 2. The lowest BCUT2D eigenvalue weighted by molar-refractivity contribution is -0.123. The van der Waals surface area contributed by atoms with Crippen molar-refractivity contribution in [1.82, 2.24) is 5.32 Å². The van der Waals surface area contributed by atoms with Crippen molar-refractivity contribution in [3.63, 3.8) is 0 Å². The number of ether oxygens (including phenoxy) is 3. The Kier molecular flexibility index (Phi) is 6.38. The van der Waals surface area contributed by atoms with Gasteiger partial charge >= 0.3 is 12.6 Å². The summed E-state index contributed by atoms with van der Waals surface area (Å²) < 4.78 is 38.6. The minimum atomic E-state index is -3.00. The maximum atomic E-state index is 12.2. The zero-order chi connectivity index (χ0) is 15.8. The van der Waals surface area contributed by atoms with E-state index in [2.05, 4.69) is 10.1 Å². The van der Waals surface area contributed by atoms with Crippen molar-refractivity contribution in [2.24, 2.45) is 0 Å². The van der Waals surface area contributed by atoms with Crippen molar-refractivity contribution in [3.8, 4) is 11.5 Å². The molecule has 0 aliphatic heterocycles. The molecule has 0 unspecified atom stereocenters. The molecule has 1 aromatic carbocycles. The highest BCUT2D eigenvalue weighted by atomic mass is 19.3. The molecule has 0 saturated carbocycles. The maximum Gasteiger partial charge on any atom is 0.387 e. The van der Waals surface area contributed by atoms with Crippen LogP contribution < -0.4 is 14.8 Å². The number of nitrogens with one attached hydrogen (secondary N) is 1. The number of carbonyl (C=O) groups is 2. The van der Waals surface area contributed by atoms with Gasteiger partial charge in [0.05, 0.1) is 12.2 Å². The van der Waals surface area contributed by atoms with Crippen LogP contribution in [0.5, 0.6) is 11.5 Å². The molecule has 0 radical (unpaired) electrons. The number of rotatable bonds is 7. The zero-order valence-corrected chi connectivity index (χ0v) is 11.5. The van der Waals surface area contributed by atoms with Gasteiger partial charge in [-0.3, -0.25) is 4.79 Å². The van der Waals surface area contributed by atoms with Crippen molar-refractivity contribution in [2.45, 2.75) is 13.5 Å². The molecule has 0 saturated heterocycles. The molecule has 8 heteroatoms. The van der Waals surface area contributed by atoms with Gasteiger partial charge in [0.1, 0.15) is 0 Å². The highest BCUT2D eigenvalue weighted by molar-refractivity contribution is 5.92. The largest absolute Gasteiger partial charge is 0.490 e. The molecule has 0 bridgehead atoms. The first-order chi connectivity index (χ1) is 9.97. The fourth-order valence-electron chi connectivity index (χ4n) is 1.38. The Hall–Kier alpha value is -2.38. The van der Waals surface area contributed by atoms with Crippen molar-refractivity contribution in [1.29, 1.82) is 0 Å². The second-order valence-electron chi connectivity index (χ2n) is 3.72. The molecule has 0 fully saturated rings. The molecule has 1 amide bonds. The van der Waals surface area contributed by atoms with Crippen LogP contribution >= 0.6 is 0 Å². The van der Waals surface area contributed by atoms with E-state index in [1.807, 2.05) is 0 Å². The Balaban J connectivity index is 2.86. The molecule has 0 aromatic heterocycles. The standard InChI is InChI=1S/C13H15F2NO5/c1-3-19-10-6-8(4-5-9(10)21-13(14)15)12(18)20-7-11(17)16-2/h4-6,13H,3,7H2,1-2H3,(H,16,17). The monoisotopic (exact) mass is 303 g/mol. The second kappa shape index (κ2) is 8.03. The lowest BCUT2D eigenvalue weighted by atomic mass is 10.2. The fraction of sp³-hybridized carbons (Fsp3) is 0.385. The molecule has 0 aliphatic rings. The average molecular weight is 303 g/mol. The van der Waals surface area contributed by atoms with E-state index in [9.17, 15) is 18.4 Å². The second-order valence-corrected chi connectivity index (χ2v) is 3.72. The van der Waals surface area contributed by atoms with Gasteiger partial charge in [-0.2, -0.15) is 8.78 Å². The van der Waals surface area contributed by atoms with Crippen molar-refractivity contribution in [3.05, 3.63) is 23.8 Å². The van der Waals surface area contributed by atoms with Gasteiger partial charge in [-0.05, 0) is 25.1 Å². The van der Waals surface area contributed by atoms with E-state index < -0.39 is 25.1 Å². The third kappa shape index (κ3) is 5.25. The molecule has 0 spiro atoms. The Morgan fingerprint density at radius 3 is 2.57 bits per heavy atom. The Labute approximate surface area is 120 Å². The van der Waals surface area contributed by atoms with Crippen molar-refractivity contribution in [2.75, 3.05) is 20.3 Å². The molecule has 21 heavy (non-hydrogen) atoms. The molecule has 1 aromatic rings. The summed E-state index contributed by atoms with van der Waals surface area (Å²) in [6.07, 6.45) is 0. The molecule has 0 heterocycles. The highest BCUT2D eigenvalue weighted by Gasteiger charge is 2.16. The van der Waals surface area contributed by atoms with Crippen LogP contribution in [0.4, 0.5) is 8.78 Å². The highest BCUT2D eigenvalue weighted by Crippen LogP contribution is 2.30. The Morgan fingerprint density at radius 1 is 1.29 bits per heavy atom. The van der Waals surface area contributed by atoms with Crippen molar-refractivity contribution < 1.29 is 32.6 Å². The van der Waals surface area contributed by atoms with E-state index >= 15 is 0 Å². The van der Waals surface area contributed by atoms with E-state index in [-0.39, 0.29) is 23.7 Å². The SMILES string of the molecule is CCOc1cc(C(=O)OCC(=O)NC)ccc1OC(F)F. The third-order valence-corrected chi connectivity index (χ3v) is 2.31. The summed E-state index contributed by atoms with van der Waals surface area (Å²) in [5, 5.41) is 2.29. The summed E-state index contributed by atoms with van der Waals surface area (Å²) in [5.74, 6) is -1.43. The van der Waals surface area contributed by atoms with Crippen LogP contribution in [0.15, 0.2) is 18.2 Å². The lowest BCUT2D eigenvalue weighted by Crippen LogP contribution is -2.25. The van der Waals surface area contributed by atoms with E-state index in [1.165, 1.54) is 25.2 Å². The average Bonchev–Trinajstić information content (AvgIpc) is 2.45. The summed E-state index contributed by atoms with van der Waals surface area (Å²) in [7, 11) is 1.40. The Bertz CT molecular complexity index is 507. The molecule has 6 nitrogen and oxygen atoms in total. The molecule has 0 aliphatic carbocycles. The van der Waals surface area contributed by atoms with Crippen LogP contribution in [0.25, 0.3) is 0 Å². The Morgan fingerprint density at radius 2 is 2.00 bits per heavy atom. The summed E-state index contributed by atoms with van der Waals surface area (Å²) >= 11 is 0. The number of hydrogen-bond donors (Lipinski definition) is 1. The molecular formula is C13H15F2NO5. The van der Waals surface area contributed by atoms with Gasteiger partial charge in [-0.1, -0.05) is 0 Å². The number of hydrogen-bond acceptors (Lipinski definition) is 5. The van der Waals surface area contributed by atoms with E-state index in [0.29, 0.717) is 0 Å². The topological polar surface area (TPSA) is 73.9 Å². The van der Waals surface area contributed by atoms with Crippen LogP contribution in [0.2, 0.25) is 0 Å². The molecule has 1 rings (SSSR count). The van der Waals surface area contributed by atoms with E-state index in [1.54, 1.807) is 6.92 Å². The van der Waals surface area contributed by atoms with Gasteiger partial charge in [-0.25, -0.2) is 4.79 Å². The number of carbonyl (C=O) groups excluding carboxylic acids is 2. The molecule has 0 atom stereocenters. The predicted octanol–water partition coefficient (Wildman–Crippen LogP) is 1.59. The van der Waals surface area contributed by atoms with Gasteiger partial charge < -0.3 is 19.5 Å². The first-order valence-corrected chi connectivity index (χ1v) is 6.07. The van der Waals surface area contributed by atoms with Crippen LogP contribution in [0.3, 0.4) is 0 Å². The zero-order valence-electron chi connectivity index (χ0n) is 11.5.